The summed E-state index contributed by atoms with van der Waals surface area (Å²) in [5.74, 6) is 0.580. The molecule has 0 aliphatic carbocycles. The molecule has 0 spiro atoms. The molecule has 16 heteroatoms. The first-order chi connectivity index (χ1) is 33.3. The van der Waals surface area contributed by atoms with Crippen molar-refractivity contribution in [2.75, 3.05) is 12.3 Å². The third-order valence-electron chi connectivity index (χ3n) is 10.3. The normalized spacial score (nSPS) is 10.6. The summed E-state index contributed by atoms with van der Waals surface area (Å²) in [5, 5.41) is 7.29. The third-order valence-corrected chi connectivity index (χ3v) is 15.3. The number of aryl methyl sites for hydroxylation is 3. The molecule has 0 aliphatic rings. The molecular formula is C53H45Br2Cl3CuN5O2S3. The summed E-state index contributed by atoms with van der Waals surface area (Å²) in [6.45, 7) is 10.6. The van der Waals surface area contributed by atoms with Crippen molar-refractivity contribution in [3.05, 3.63) is 179 Å². The minimum atomic E-state index is 0.446. The molecule has 0 amide bonds. The number of thiazole rings is 3. The SMILES string of the molecule is CC(C)CCON=O.Cc1nc2c(Cl)c(-c3ccccc3)c(-c3ccccc3)cc2s1.Cc1nc2c(Cl)c(Br)c(-c3ccccc3)cc2s1.Cc1nc2c(Cl)c(N)c(-c3ccccc3)cc2s1.[Cu][Br]. The number of fused-ring (bicyclic) bond motifs is 3. The number of nitrogen functional groups attached to an aromatic ring is 1. The van der Waals surface area contributed by atoms with Gasteiger partial charge in [0.2, 0.25) is 0 Å². The molecule has 69 heavy (non-hydrogen) atoms. The molecule has 0 unspecified atom stereocenters. The van der Waals surface area contributed by atoms with Gasteiger partial charge in [-0.3, -0.25) is 0 Å². The van der Waals surface area contributed by atoms with Crippen molar-refractivity contribution >= 4 is 135 Å². The number of nitrogens with two attached hydrogens (primary N) is 1. The fraction of sp³-hybridized carbons (Fsp3) is 0.151. The fourth-order valence-corrected chi connectivity index (χ4v) is 11.3. The van der Waals surface area contributed by atoms with Gasteiger partial charge in [0.25, 0.3) is 0 Å². The van der Waals surface area contributed by atoms with Crippen molar-refractivity contribution in [2.45, 2.75) is 41.0 Å². The zero-order valence-corrected chi connectivity index (χ0v) is 46.7. The Balaban J connectivity index is 0.000000156. The molecule has 3 heterocycles. The Bertz CT molecular complexity index is 3140. The van der Waals surface area contributed by atoms with Crippen molar-refractivity contribution in [2.24, 2.45) is 11.3 Å². The summed E-state index contributed by atoms with van der Waals surface area (Å²) < 4.78 is 4.24. The van der Waals surface area contributed by atoms with E-state index in [1.165, 1.54) is 5.56 Å². The summed E-state index contributed by atoms with van der Waals surface area (Å²) in [6, 6.07) is 47.3. The predicted molar refractivity (Wildman–Crippen MR) is 302 cm³/mol. The number of hydrogen-bond donors (Lipinski definition) is 1. The van der Waals surface area contributed by atoms with E-state index in [4.69, 9.17) is 40.5 Å². The molecule has 0 bridgehead atoms. The number of aromatic nitrogens is 3. The van der Waals surface area contributed by atoms with E-state index >= 15 is 0 Å². The summed E-state index contributed by atoms with van der Waals surface area (Å²) in [4.78, 5) is 27.0. The van der Waals surface area contributed by atoms with Crippen LogP contribution in [-0.4, -0.2) is 21.6 Å². The molecule has 7 aromatic carbocycles. The van der Waals surface area contributed by atoms with Crippen LogP contribution in [0.1, 0.15) is 35.3 Å². The molecule has 358 valence electrons. The Morgan fingerprint density at radius 1 is 0.580 bits per heavy atom. The van der Waals surface area contributed by atoms with Crippen LogP contribution >= 0.6 is 98.9 Å². The van der Waals surface area contributed by atoms with E-state index in [1.54, 1.807) is 34.0 Å². The summed E-state index contributed by atoms with van der Waals surface area (Å²) >= 11 is 34.6. The van der Waals surface area contributed by atoms with Crippen LogP contribution in [0.2, 0.25) is 15.1 Å². The van der Waals surface area contributed by atoms with E-state index in [9.17, 15) is 4.91 Å². The standard InChI is InChI=1S/C20H14ClNS.C14H9BrClNS.C14H11ClN2S.C5H11NO2.BrH.Cu/c1-13-22-20-17(23-13)12-16(14-8-4-2-5-9-14)18(19(20)21)15-10-6-3-7-11-15;1-8-17-14-11(18-8)7-10(12(15)13(14)16)9-5-3-2-4-6-9;1-8-17-14-11(18-8)7-10(13(16)12(14)15)9-5-3-2-4-6-9;1-5(2)3-4-8-6-7;;/h2-12H,1H3;2-7H,1H3;2-7H,16H2,1H3;5H,3-4H2,1-2H3;1H;/q;;;;;+1/p-1. The molecule has 0 saturated carbocycles. The number of hydrogen-bond acceptors (Lipinski definition) is 10. The van der Waals surface area contributed by atoms with Crippen LogP contribution in [-0.2, 0) is 19.0 Å². The Kier molecular flexibility index (Phi) is 20.6. The van der Waals surface area contributed by atoms with E-state index in [2.05, 4.69) is 150 Å². The summed E-state index contributed by atoms with van der Waals surface area (Å²) in [6.07, 6.45) is 0.895. The maximum atomic E-state index is 9.31. The average molecular weight is 1210 g/mol. The minimum absolute atomic E-state index is 0.446. The van der Waals surface area contributed by atoms with Gasteiger partial charge in [-0.25, -0.2) is 15.0 Å². The van der Waals surface area contributed by atoms with Gasteiger partial charge < -0.3 is 10.6 Å². The third kappa shape index (κ3) is 13.8. The topological polar surface area (TPSA) is 103 Å². The molecule has 2 N–H and O–H groups in total. The first-order valence-electron chi connectivity index (χ1n) is 21.3. The molecular weight excluding hydrogens is 1160 g/mol. The van der Waals surface area contributed by atoms with E-state index < -0.39 is 0 Å². The molecule has 0 aliphatic heterocycles. The van der Waals surface area contributed by atoms with Crippen LogP contribution < -0.4 is 5.73 Å². The van der Waals surface area contributed by atoms with Crippen molar-refractivity contribution in [1.82, 2.24) is 15.0 Å². The van der Waals surface area contributed by atoms with E-state index in [-0.39, 0.29) is 0 Å². The number of benzene rings is 7. The van der Waals surface area contributed by atoms with E-state index in [0.29, 0.717) is 28.3 Å². The second-order valence-electron chi connectivity index (χ2n) is 15.6. The van der Waals surface area contributed by atoms with Crippen LogP contribution in [0.15, 0.2) is 149 Å². The molecule has 0 fully saturated rings. The van der Waals surface area contributed by atoms with Gasteiger partial charge in [-0.05, 0) is 101 Å². The summed E-state index contributed by atoms with van der Waals surface area (Å²) in [7, 11) is 0. The number of nitrogens with zero attached hydrogens (tertiary/aromatic N) is 4. The molecule has 0 radical (unpaired) electrons. The van der Waals surface area contributed by atoms with Crippen molar-refractivity contribution < 1.29 is 19.0 Å². The first kappa shape index (κ1) is 54.1. The molecule has 0 atom stereocenters. The number of halogens is 5. The van der Waals surface area contributed by atoms with Crippen LogP contribution in [0.4, 0.5) is 5.69 Å². The van der Waals surface area contributed by atoms with Gasteiger partial charge in [-0.2, -0.15) is 0 Å². The predicted octanol–water partition coefficient (Wildman–Crippen LogP) is 19.4. The Hall–Kier alpha value is -4.24. The van der Waals surface area contributed by atoms with Gasteiger partial charge in [-0.1, -0.05) is 170 Å². The van der Waals surface area contributed by atoms with Crippen molar-refractivity contribution in [3.8, 4) is 44.5 Å². The number of rotatable bonds is 8. The monoisotopic (exact) mass is 1200 g/mol. The molecule has 7 nitrogen and oxygen atoms in total. The zero-order chi connectivity index (χ0) is 49.6. The van der Waals surface area contributed by atoms with Crippen LogP contribution in [0, 0.1) is 31.6 Å². The van der Waals surface area contributed by atoms with E-state index in [1.807, 2.05) is 93.6 Å². The summed E-state index contributed by atoms with van der Waals surface area (Å²) in [5.41, 5.74) is 18.1. The quantitative estimate of drug-likeness (QED) is 0.0534. The van der Waals surface area contributed by atoms with E-state index in [0.717, 1.165) is 101 Å². The molecule has 10 rings (SSSR count). The Morgan fingerprint density at radius 3 is 1.38 bits per heavy atom. The van der Waals surface area contributed by atoms with Gasteiger partial charge >= 0.3 is 28.3 Å². The van der Waals surface area contributed by atoms with Crippen molar-refractivity contribution in [3.63, 3.8) is 0 Å². The van der Waals surface area contributed by atoms with Crippen LogP contribution in [0.5, 0.6) is 0 Å². The molecule has 0 saturated heterocycles. The second kappa shape index (κ2) is 26.3. The Morgan fingerprint density at radius 2 is 0.942 bits per heavy atom. The van der Waals surface area contributed by atoms with Gasteiger partial charge in [0.15, 0.2) is 5.34 Å². The molecule has 10 aromatic rings. The van der Waals surface area contributed by atoms with Crippen molar-refractivity contribution in [1.29, 1.82) is 0 Å². The molecule has 3 aromatic heterocycles. The zero-order valence-electron chi connectivity index (χ0n) is 37.9. The van der Waals surface area contributed by atoms with Gasteiger partial charge in [0, 0.05) is 15.6 Å². The fourth-order valence-electron chi connectivity index (χ4n) is 7.15. The van der Waals surface area contributed by atoms with Gasteiger partial charge in [0.05, 0.1) is 49.9 Å². The van der Waals surface area contributed by atoms with Gasteiger partial charge in [0.1, 0.15) is 23.2 Å². The maximum absolute atomic E-state index is 9.31. The first-order valence-corrected chi connectivity index (χ1v) is 28.0. The Labute approximate surface area is 453 Å². The second-order valence-corrected chi connectivity index (χ2v) is 21.2. The average Bonchev–Trinajstić information content (AvgIpc) is 4.08. The number of anilines is 1. The van der Waals surface area contributed by atoms with Crippen LogP contribution in [0.25, 0.3) is 75.2 Å². The van der Waals surface area contributed by atoms with Gasteiger partial charge in [-0.15, -0.1) is 38.9 Å². The van der Waals surface area contributed by atoms with Crippen LogP contribution in [0.3, 0.4) is 0 Å².